The number of fused-ring (bicyclic) bond motifs is 2. The second-order valence-corrected chi connectivity index (χ2v) is 9.42. The number of hydrogen-bond donors (Lipinski definition) is 1. The molecular weight excluding hydrogens is 428 g/mol. The molecule has 2 heterocycles. The molecule has 0 aromatic heterocycles. The Balaban J connectivity index is 1.34. The van der Waals surface area contributed by atoms with Crippen LogP contribution in [0.15, 0.2) is 71.6 Å². The summed E-state index contributed by atoms with van der Waals surface area (Å²) in [5.74, 6) is 0.791. The van der Waals surface area contributed by atoms with E-state index in [0.717, 1.165) is 12.0 Å². The van der Waals surface area contributed by atoms with Gasteiger partial charge in [-0.25, -0.2) is 8.42 Å². The molecule has 1 N–H and O–H groups in total. The highest BCUT2D eigenvalue weighted by Gasteiger charge is 2.23. The summed E-state index contributed by atoms with van der Waals surface area (Å²) in [5, 5.41) is 0. The van der Waals surface area contributed by atoms with Gasteiger partial charge >= 0.3 is 0 Å². The van der Waals surface area contributed by atoms with Crippen LogP contribution in [0.1, 0.15) is 21.5 Å². The predicted octanol–water partition coefficient (Wildman–Crippen LogP) is 3.46. The van der Waals surface area contributed by atoms with Crippen molar-refractivity contribution in [3.63, 3.8) is 0 Å². The van der Waals surface area contributed by atoms with Crippen molar-refractivity contribution in [2.24, 2.45) is 0 Å². The highest BCUT2D eigenvalue weighted by Crippen LogP contribution is 2.33. The molecule has 0 unspecified atom stereocenters. The number of rotatable bonds is 4. The van der Waals surface area contributed by atoms with Gasteiger partial charge in [0.1, 0.15) is 13.2 Å². The maximum atomic E-state index is 13.1. The number of ether oxygens (including phenoxy) is 2. The fourth-order valence-electron chi connectivity index (χ4n) is 3.97. The van der Waals surface area contributed by atoms with Gasteiger partial charge in [0.2, 0.25) is 0 Å². The van der Waals surface area contributed by atoms with Crippen LogP contribution >= 0.6 is 0 Å². The number of carbonyl (C=O) groups excluding carboxylic acids is 1. The maximum Gasteiger partial charge on any atom is 0.262 e. The normalized spacial score (nSPS) is 15.1. The second kappa shape index (κ2) is 8.20. The van der Waals surface area contributed by atoms with E-state index in [1.165, 1.54) is 17.7 Å². The molecule has 164 valence electrons. The molecule has 3 aromatic rings. The van der Waals surface area contributed by atoms with Crippen molar-refractivity contribution in [3.05, 3.63) is 83.4 Å². The van der Waals surface area contributed by atoms with E-state index in [2.05, 4.69) is 10.8 Å². The molecule has 0 fully saturated rings. The molecule has 0 aliphatic carbocycles. The summed E-state index contributed by atoms with van der Waals surface area (Å²) in [6.45, 7) is 1.97. The summed E-state index contributed by atoms with van der Waals surface area (Å²) < 4.78 is 39.3. The summed E-state index contributed by atoms with van der Waals surface area (Å²) in [6.07, 6.45) is 0.804. The van der Waals surface area contributed by atoms with E-state index in [1.807, 2.05) is 18.2 Å². The maximum absolute atomic E-state index is 13.1. The first-order valence-electron chi connectivity index (χ1n) is 10.4. The minimum Gasteiger partial charge on any atom is -0.486 e. The van der Waals surface area contributed by atoms with Crippen LogP contribution in [0.3, 0.4) is 0 Å². The van der Waals surface area contributed by atoms with Gasteiger partial charge in [-0.1, -0.05) is 30.3 Å². The number of benzene rings is 3. The van der Waals surface area contributed by atoms with Gasteiger partial charge in [-0.3, -0.25) is 9.52 Å². The fraction of sp³-hybridized carbons (Fsp3) is 0.208. The van der Waals surface area contributed by atoms with Crippen molar-refractivity contribution in [2.75, 3.05) is 24.5 Å². The number of nitrogens with zero attached hydrogens (tertiary/aromatic N) is 1. The smallest absolute Gasteiger partial charge is 0.262 e. The number of carbonyl (C=O) groups is 1. The lowest BCUT2D eigenvalue weighted by atomic mass is 9.99. The van der Waals surface area contributed by atoms with Crippen LogP contribution in [-0.4, -0.2) is 39.0 Å². The van der Waals surface area contributed by atoms with Gasteiger partial charge in [0.25, 0.3) is 15.9 Å². The Labute approximate surface area is 186 Å². The van der Waals surface area contributed by atoms with Gasteiger partial charge in [0.05, 0.1) is 4.90 Å². The zero-order valence-corrected chi connectivity index (χ0v) is 18.1. The van der Waals surface area contributed by atoms with Crippen molar-refractivity contribution >= 4 is 21.6 Å². The van der Waals surface area contributed by atoms with Crippen molar-refractivity contribution in [1.82, 2.24) is 4.90 Å². The Bertz CT molecular complexity index is 1290. The van der Waals surface area contributed by atoms with Crippen molar-refractivity contribution < 1.29 is 22.7 Å². The van der Waals surface area contributed by atoms with Crippen molar-refractivity contribution in [1.29, 1.82) is 0 Å². The Morgan fingerprint density at radius 2 is 1.66 bits per heavy atom. The second-order valence-electron chi connectivity index (χ2n) is 7.74. The first-order chi connectivity index (χ1) is 15.5. The highest BCUT2D eigenvalue weighted by atomic mass is 32.2. The third-order valence-corrected chi connectivity index (χ3v) is 6.98. The van der Waals surface area contributed by atoms with E-state index >= 15 is 0 Å². The molecule has 7 nitrogen and oxygen atoms in total. The standard InChI is InChI=1S/C24H22N2O5S/c27-24(26-11-10-17-4-1-2-5-19(17)16-26)18-6-3-7-20(14-18)25-32(28,29)21-8-9-22-23(15-21)31-13-12-30-22/h1-9,14-15,25H,10-13,16H2. The van der Waals surface area contributed by atoms with Gasteiger partial charge in [0, 0.05) is 30.4 Å². The molecule has 0 bridgehead atoms. The molecule has 0 atom stereocenters. The lowest BCUT2D eigenvalue weighted by Crippen LogP contribution is -2.35. The van der Waals surface area contributed by atoms with Crippen LogP contribution in [0.25, 0.3) is 0 Å². The molecule has 1 amide bonds. The largest absolute Gasteiger partial charge is 0.486 e. The number of sulfonamides is 1. The first-order valence-corrected chi connectivity index (χ1v) is 11.9. The lowest BCUT2D eigenvalue weighted by Gasteiger charge is -2.29. The first kappa shape index (κ1) is 20.4. The monoisotopic (exact) mass is 450 g/mol. The number of anilines is 1. The number of amides is 1. The molecule has 0 radical (unpaired) electrons. The van der Waals surface area contributed by atoms with E-state index in [9.17, 15) is 13.2 Å². The molecule has 0 spiro atoms. The Morgan fingerprint density at radius 3 is 2.50 bits per heavy atom. The molecule has 8 heteroatoms. The quantitative estimate of drug-likeness (QED) is 0.658. The van der Waals surface area contributed by atoms with E-state index < -0.39 is 10.0 Å². The van der Waals surface area contributed by atoms with Crippen LogP contribution in [0.2, 0.25) is 0 Å². The van der Waals surface area contributed by atoms with Crippen LogP contribution in [0.5, 0.6) is 11.5 Å². The van der Waals surface area contributed by atoms with E-state index in [-0.39, 0.29) is 10.8 Å². The van der Waals surface area contributed by atoms with Gasteiger partial charge in [-0.15, -0.1) is 0 Å². The van der Waals surface area contributed by atoms with E-state index in [1.54, 1.807) is 35.2 Å². The Hall–Kier alpha value is -3.52. The minimum absolute atomic E-state index is 0.0612. The summed E-state index contributed by atoms with van der Waals surface area (Å²) in [5.41, 5.74) is 3.16. The van der Waals surface area contributed by atoms with E-state index in [4.69, 9.17) is 9.47 Å². The highest BCUT2D eigenvalue weighted by molar-refractivity contribution is 7.92. The predicted molar refractivity (Wildman–Crippen MR) is 120 cm³/mol. The molecule has 5 rings (SSSR count). The molecule has 0 saturated carbocycles. The Kier molecular flexibility index (Phi) is 5.22. The van der Waals surface area contributed by atoms with E-state index in [0.29, 0.717) is 49.1 Å². The van der Waals surface area contributed by atoms with Crippen LogP contribution in [-0.2, 0) is 23.0 Å². The van der Waals surface area contributed by atoms with Crippen LogP contribution in [0, 0.1) is 0 Å². The average Bonchev–Trinajstić information content (AvgIpc) is 2.83. The SMILES string of the molecule is O=C(c1cccc(NS(=O)(=O)c2ccc3c(c2)OCCO3)c1)N1CCc2ccccc2C1. The van der Waals surface area contributed by atoms with Crippen LogP contribution < -0.4 is 14.2 Å². The minimum atomic E-state index is -3.86. The van der Waals surface area contributed by atoms with Gasteiger partial charge in [0.15, 0.2) is 11.5 Å². The summed E-state index contributed by atoms with van der Waals surface area (Å²) in [4.78, 5) is 14.9. The molecule has 3 aromatic carbocycles. The summed E-state index contributed by atoms with van der Waals surface area (Å²) >= 11 is 0. The third-order valence-electron chi connectivity index (χ3n) is 5.60. The number of hydrogen-bond acceptors (Lipinski definition) is 5. The molecule has 32 heavy (non-hydrogen) atoms. The topological polar surface area (TPSA) is 84.9 Å². The zero-order chi connectivity index (χ0) is 22.1. The molecular formula is C24H22N2O5S. The average molecular weight is 451 g/mol. The summed E-state index contributed by atoms with van der Waals surface area (Å²) in [7, 11) is -3.86. The third kappa shape index (κ3) is 4.01. The Morgan fingerprint density at radius 1 is 0.875 bits per heavy atom. The van der Waals surface area contributed by atoms with Crippen molar-refractivity contribution in [2.45, 2.75) is 17.9 Å². The van der Waals surface area contributed by atoms with Crippen molar-refractivity contribution in [3.8, 4) is 11.5 Å². The lowest BCUT2D eigenvalue weighted by molar-refractivity contribution is 0.0734. The van der Waals surface area contributed by atoms with Crippen LogP contribution in [0.4, 0.5) is 5.69 Å². The fourth-order valence-corrected chi connectivity index (χ4v) is 5.04. The summed E-state index contributed by atoms with van der Waals surface area (Å²) in [6, 6.07) is 19.2. The molecule has 2 aliphatic rings. The molecule has 0 saturated heterocycles. The van der Waals surface area contributed by atoms with Gasteiger partial charge in [-0.05, 0) is 47.9 Å². The molecule has 2 aliphatic heterocycles. The number of nitrogens with one attached hydrogen (secondary N) is 1. The van der Waals surface area contributed by atoms with Gasteiger partial charge < -0.3 is 14.4 Å². The zero-order valence-electron chi connectivity index (χ0n) is 17.3. The van der Waals surface area contributed by atoms with Gasteiger partial charge in [-0.2, -0.15) is 0 Å².